The summed E-state index contributed by atoms with van der Waals surface area (Å²) in [4.78, 5) is 15.0. The molecule has 0 saturated carbocycles. The molecule has 1 N–H and O–H groups in total. The highest BCUT2D eigenvalue weighted by molar-refractivity contribution is 5.65. The molecule has 1 spiro atoms. The Hall–Kier alpha value is -0.770. The van der Waals surface area contributed by atoms with Crippen molar-refractivity contribution in [1.82, 2.24) is 9.80 Å². The molecule has 4 heteroatoms. The van der Waals surface area contributed by atoms with Crippen molar-refractivity contribution in [3.8, 4) is 0 Å². The number of rotatable bonds is 0. The minimum atomic E-state index is -0.767. The van der Waals surface area contributed by atoms with Crippen molar-refractivity contribution in [2.24, 2.45) is 0 Å². The predicted octanol–water partition coefficient (Wildman–Crippen LogP) is 2.00. The van der Waals surface area contributed by atoms with Gasteiger partial charge in [0.25, 0.3) is 0 Å². The zero-order valence-corrected chi connectivity index (χ0v) is 10.5. The second-order valence-electron chi connectivity index (χ2n) is 6.07. The zero-order valence-electron chi connectivity index (χ0n) is 10.5. The molecule has 0 aromatic heterocycles. The standard InChI is InChI=1S/C12H22N2O2/c1-11(2,3)14-9-6-12(14)4-7-13(8-5-12)10(15)16/h4-9H2,1-3H3,(H,15,16). The summed E-state index contributed by atoms with van der Waals surface area (Å²) in [5, 5.41) is 8.94. The lowest BCUT2D eigenvalue weighted by molar-refractivity contribution is -0.107. The van der Waals surface area contributed by atoms with Crippen LogP contribution in [-0.4, -0.2) is 51.7 Å². The Morgan fingerprint density at radius 1 is 1.12 bits per heavy atom. The first-order chi connectivity index (χ1) is 7.35. The third-order valence-electron chi connectivity index (χ3n) is 4.15. The number of nitrogens with zero attached hydrogens (tertiary/aromatic N) is 2. The van der Waals surface area contributed by atoms with Crippen LogP contribution in [0, 0.1) is 0 Å². The van der Waals surface area contributed by atoms with Crippen molar-refractivity contribution in [1.29, 1.82) is 0 Å². The molecule has 0 unspecified atom stereocenters. The van der Waals surface area contributed by atoms with Crippen LogP contribution < -0.4 is 0 Å². The van der Waals surface area contributed by atoms with E-state index >= 15 is 0 Å². The van der Waals surface area contributed by atoms with Crippen LogP contribution >= 0.6 is 0 Å². The van der Waals surface area contributed by atoms with Gasteiger partial charge in [-0.25, -0.2) is 4.79 Å². The van der Waals surface area contributed by atoms with Crippen LogP contribution in [0.25, 0.3) is 0 Å². The Bertz CT molecular complexity index is 288. The van der Waals surface area contributed by atoms with Gasteiger partial charge in [-0.3, -0.25) is 4.90 Å². The normalized spacial score (nSPS) is 25.6. The molecule has 2 aliphatic rings. The molecule has 0 radical (unpaired) electrons. The van der Waals surface area contributed by atoms with Gasteiger partial charge in [0.05, 0.1) is 0 Å². The molecule has 4 nitrogen and oxygen atoms in total. The molecule has 0 aliphatic carbocycles. The highest BCUT2D eigenvalue weighted by Crippen LogP contribution is 2.44. The van der Waals surface area contributed by atoms with Gasteiger partial charge in [0.1, 0.15) is 0 Å². The van der Waals surface area contributed by atoms with Gasteiger partial charge in [0, 0.05) is 30.7 Å². The van der Waals surface area contributed by atoms with Crippen LogP contribution in [0.5, 0.6) is 0 Å². The van der Waals surface area contributed by atoms with Gasteiger partial charge in [0.2, 0.25) is 0 Å². The van der Waals surface area contributed by atoms with Gasteiger partial charge < -0.3 is 10.0 Å². The highest BCUT2D eigenvalue weighted by atomic mass is 16.4. The summed E-state index contributed by atoms with van der Waals surface area (Å²) in [5.41, 5.74) is 0.508. The first-order valence-corrected chi connectivity index (χ1v) is 6.11. The number of piperidine rings is 1. The quantitative estimate of drug-likeness (QED) is 0.687. The minimum Gasteiger partial charge on any atom is -0.465 e. The van der Waals surface area contributed by atoms with Crippen molar-refractivity contribution in [3.63, 3.8) is 0 Å². The average molecular weight is 226 g/mol. The van der Waals surface area contributed by atoms with Crippen molar-refractivity contribution in [2.75, 3.05) is 19.6 Å². The summed E-state index contributed by atoms with van der Waals surface area (Å²) in [7, 11) is 0. The third-order valence-corrected chi connectivity index (χ3v) is 4.15. The first-order valence-electron chi connectivity index (χ1n) is 6.11. The highest BCUT2D eigenvalue weighted by Gasteiger charge is 2.50. The smallest absolute Gasteiger partial charge is 0.407 e. The Morgan fingerprint density at radius 2 is 1.62 bits per heavy atom. The van der Waals surface area contributed by atoms with E-state index in [0.717, 1.165) is 19.4 Å². The van der Waals surface area contributed by atoms with E-state index in [-0.39, 0.29) is 5.54 Å². The summed E-state index contributed by atoms with van der Waals surface area (Å²) >= 11 is 0. The lowest BCUT2D eigenvalue weighted by Crippen LogP contribution is -2.69. The van der Waals surface area contributed by atoms with Crippen molar-refractivity contribution >= 4 is 6.09 Å². The number of hydrogen-bond acceptors (Lipinski definition) is 2. The van der Waals surface area contributed by atoms with E-state index in [1.54, 1.807) is 4.90 Å². The largest absolute Gasteiger partial charge is 0.465 e. The Balaban J connectivity index is 2.00. The average Bonchev–Trinajstić information content (AvgIpc) is 2.13. The predicted molar refractivity (Wildman–Crippen MR) is 62.6 cm³/mol. The number of likely N-dealkylation sites (tertiary alicyclic amines) is 2. The second kappa shape index (κ2) is 3.62. The van der Waals surface area contributed by atoms with Crippen LogP contribution in [-0.2, 0) is 0 Å². The minimum absolute atomic E-state index is 0.212. The van der Waals surface area contributed by atoms with Gasteiger partial charge in [-0.05, 0) is 40.0 Å². The van der Waals surface area contributed by atoms with Crippen LogP contribution in [0.3, 0.4) is 0 Å². The first kappa shape index (κ1) is 11.7. The molecule has 1 amide bonds. The summed E-state index contributed by atoms with van der Waals surface area (Å²) in [6.07, 6.45) is 2.46. The molecule has 2 heterocycles. The lowest BCUT2D eigenvalue weighted by Gasteiger charge is -2.61. The van der Waals surface area contributed by atoms with Crippen molar-refractivity contribution in [2.45, 2.75) is 51.1 Å². The fraction of sp³-hybridized carbons (Fsp3) is 0.917. The van der Waals surface area contributed by atoms with Gasteiger partial charge in [-0.15, -0.1) is 0 Å². The van der Waals surface area contributed by atoms with E-state index in [2.05, 4.69) is 25.7 Å². The van der Waals surface area contributed by atoms with E-state index in [1.165, 1.54) is 6.42 Å². The number of amides is 1. The second-order valence-corrected chi connectivity index (χ2v) is 6.07. The molecule has 0 aromatic carbocycles. The van der Waals surface area contributed by atoms with Gasteiger partial charge in [0.15, 0.2) is 0 Å². The van der Waals surface area contributed by atoms with E-state index in [4.69, 9.17) is 5.11 Å². The molecule has 2 saturated heterocycles. The Labute approximate surface area is 97.2 Å². The van der Waals surface area contributed by atoms with E-state index in [9.17, 15) is 4.79 Å². The number of carboxylic acid groups (broad SMARTS) is 1. The monoisotopic (exact) mass is 226 g/mol. The summed E-state index contributed by atoms with van der Waals surface area (Å²) in [5.74, 6) is 0. The molecule has 0 atom stereocenters. The van der Waals surface area contributed by atoms with Gasteiger partial charge in [-0.2, -0.15) is 0 Å². The SMILES string of the molecule is CC(C)(C)N1CCC12CCN(C(=O)O)CC2. The maximum Gasteiger partial charge on any atom is 0.407 e. The molecule has 16 heavy (non-hydrogen) atoms. The summed E-state index contributed by atoms with van der Waals surface area (Å²) in [6, 6.07) is 0. The van der Waals surface area contributed by atoms with Crippen molar-refractivity contribution in [3.05, 3.63) is 0 Å². The van der Waals surface area contributed by atoms with E-state index < -0.39 is 6.09 Å². The molecule has 2 fully saturated rings. The fourth-order valence-corrected chi connectivity index (χ4v) is 3.22. The molecule has 2 rings (SSSR count). The van der Waals surface area contributed by atoms with Crippen molar-refractivity contribution < 1.29 is 9.90 Å². The van der Waals surface area contributed by atoms with Crippen LogP contribution in [0.1, 0.15) is 40.0 Å². The molecule has 0 bridgehead atoms. The molecule has 92 valence electrons. The topological polar surface area (TPSA) is 43.8 Å². The van der Waals surface area contributed by atoms with Crippen LogP contribution in [0.2, 0.25) is 0 Å². The Kier molecular flexibility index (Phi) is 2.65. The third kappa shape index (κ3) is 1.79. The Morgan fingerprint density at radius 3 is 1.94 bits per heavy atom. The fourth-order valence-electron chi connectivity index (χ4n) is 3.22. The zero-order chi connectivity index (χ0) is 12.0. The van der Waals surface area contributed by atoms with Crippen LogP contribution in [0.4, 0.5) is 4.79 Å². The molecular weight excluding hydrogens is 204 g/mol. The van der Waals surface area contributed by atoms with Gasteiger partial charge in [-0.1, -0.05) is 0 Å². The summed E-state index contributed by atoms with van der Waals surface area (Å²) < 4.78 is 0. The maximum absolute atomic E-state index is 10.9. The van der Waals surface area contributed by atoms with Crippen LogP contribution in [0.15, 0.2) is 0 Å². The van der Waals surface area contributed by atoms with E-state index in [0.29, 0.717) is 18.6 Å². The molecular formula is C12H22N2O2. The van der Waals surface area contributed by atoms with E-state index in [1.807, 2.05) is 0 Å². The van der Waals surface area contributed by atoms with Gasteiger partial charge >= 0.3 is 6.09 Å². The molecule has 0 aromatic rings. The maximum atomic E-state index is 10.9. The number of hydrogen-bond donors (Lipinski definition) is 1. The molecule has 2 aliphatic heterocycles. The number of carbonyl (C=O) groups is 1. The lowest BCUT2D eigenvalue weighted by atomic mass is 9.73. The summed E-state index contributed by atoms with van der Waals surface area (Å²) in [6.45, 7) is 9.30.